The number of nitrogens with zero attached hydrogens (tertiary/aromatic N) is 2. The Kier molecular flexibility index (Phi) is 3.25. The van der Waals surface area contributed by atoms with Gasteiger partial charge in [-0.05, 0) is 36.2 Å². The van der Waals surface area contributed by atoms with Gasteiger partial charge in [-0.2, -0.15) is 0 Å². The van der Waals surface area contributed by atoms with Gasteiger partial charge < -0.3 is 10.7 Å². The van der Waals surface area contributed by atoms with Crippen molar-refractivity contribution in [1.82, 2.24) is 15.0 Å². The van der Waals surface area contributed by atoms with E-state index in [1.807, 2.05) is 48.8 Å². The molecule has 0 saturated carbocycles. The topological polar surface area (TPSA) is 67.6 Å². The first-order chi connectivity index (χ1) is 9.36. The maximum atomic E-state index is 5.90. The van der Waals surface area contributed by atoms with Crippen LogP contribution in [0.15, 0.2) is 48.8 Å². The molecule has 4 heteroatoms. The van der Waals surface area contributed by atoms with Crippen LogP contribution in [-0.4, -0.2) is 21.5 Å². The Balaban J connectivity index is 1.89. The highest BCUT2D eigenvalue weighted by atomic mass is 14.9. The first-order valence-corrected chi connectivity index (χ1v) is 6.40. The molecule has 4 nitrogen and oxygen atoms in total. The summed E-state index contributed by atoms with van der Waals surface area (Å²) in [5.74, 6) is 1.16. The SMILES string of the molecule is NCC(Cc1ccncc1)c1nc2ccccc2[nH]1. The zero-order valence-corrected chi connectivity index (χ0v) is 10.6. The summed E-state index contributed by atoms with van der Waals surface area (Å²) in [6.45, 7) is 0.572. The summed E-state index contributed by atoms with van der Waals surface area (Å²) in [5, 5.41) is 0. The van der Waals surface area contributed by atoms with Crippen LogP contribution < -0.4 is 5.73 Å². The Morgan fingerprint density at radius 3 is 2.63 bits per heavy atom. The van der Waals surface area contributed by atoms with Crippen LogP contribution in [0.25, 0.3) is 11.0 Å². The third kappa shape index (κ3) is 2.48. The smallest absolute Gasteiger partial charge is 0.111 e. The molecule has 1 unspecified atom stereocenters. The highest BCUT2D eigenvalue weighted by molar-refractivity contribution is 5.74. The lowest BCUT2D eigenvalue weighted by Gasteiger charge is -2.11. The molecule has 0 fully saturated rings. The van der Waals surface area contributed by atoms with Crippen LogP contribution in [0.5, 0.6) is 0 Å². The number of hydrogen-bond donors (Lipinski definition) is 2. The first-order valence-electron chi connectivity index (χ1n) is 6.40. The number of imidazole rings is 1. The number of pyridine rings is 1. The van der Waals surface area contributed by atoms with Crippen molar-refractivity contribution in [2.24, 2.45) is 5.73 Å². The molecule has 2 heterocycles. The van der Waals surface area contributed by atoms with E-state index in [2.05, 4.69) is 15.0 Å². The van der Waals surface area contributed by atoms with Gasteiger partial charge in [-0.25, -0.2) is 4.98 Å². The van der Waals surface area contributed by atoms with E-state index in [9.17, 15) is 0 Å². The van der Waals surface area contributed by atoms with E-state index in [0.29, 0.717) is 6.54 Å². The van der Waals surface area contributed by atoms with Crippen LogP contribution in [0.1, 0.15) is 17.3 Å². The van der Waals surface area contributed by atoms with Gasteiger partial charge in [0.05, 0.1) is 11.0 Å². The number of rotatable bonds is 4. The van der Waals surface area contributed by atoms with Gasteiger partial charge in [0, 0.05) is 24.9 Å². The number of hydrogen-bond acceptors (Lipinski definition) is 3. The van der Waals surface area contributed by atoms with Gasteiger partial charge in [0.2, 0.25) is 0 Å². The number of aromatic amines is 1. The van der Waals surface area contributed by atoms with Gasteiger partial charge in [-0.15, -0.1) is 0 Å². The van der Waals surface area contributed by atoms with Crippen LogP contribution >= 0.6 is 0 Å². The Bertz CT molecular complexity index is 627. The fraction of sp³-hybridized carbons (Fsp3) is 0.200. The summed E-state index contributed by atoms with van der Waals surface area (Å²) >= 11 is 0. The minimum Gasteiger partial charge on any atom is -0.342 e. The van der Waals surface area contributed by atoms with Crippen molar-refractivity contribution in [1.29, 1.82) is 0 Å². The van der Waals surface area contributed by atoms with Crippen molar-refractivity contribution in [2.45, 2.75) is 12.3 Å². The second kappa shape index (κ2) is 5.20. The fourth-order valence-electron chi connectivity index (χ4n) is 2.26. The summed E-state index contributed by atoms with van der Waals surface area (Å²) in [7, 11) is 0. The summed E-state index contributed by atoms with van der Waals surface area (Å²) in [4.78, 5) is 12.0. The minimum absolute atomic E-state index is 0.204. The predicted octanol–water partition coefficient (Wildman–Crippen LogP) is 2.24. The van der Waals surface area contributed by atoms with Crippen LogP contribution in [0.3, 0.4) is 0 Å². The Morgan fingerprint density at radius 1 is 1.11 bits per heavy atom. The van der Waals surface area contributed by atoms with E-state index < -0.39 is 0 Å². The number of aromatic nitrogens is 3. The van der Waals surface area contributed by atoms with Gasteiger partial charge in [-0.1, -0.05) is 12.1 Å². The van der Waals surface area contributed by atoms with Crippen molar-refractivity contribution in [3.05, 3.63) is 60.2 Å². The molecule has 3 aromatic rings. The normalized spacial score (nSPS) is 12.7. The third-order valence-corrected chi connectivity index (χ3v) is 3.31. The summed E-state index contributed by atoms with van der Waals surface area (Å²) in [5.41, 5.74) is 9.18. The van der Waals surface area contributed by atoms with Crippen molar-refractivity contribution in [3.8, 4) is 0 Å². The molecule has 0 aliphatic heterocycles. The maximum Gasteiger partial charge on any atom is 0.111 e. The van der Waals surface area contributed by atoms with Crippen LogP contribution in [0.2, 0.25) is 0 Å². The molecule has 0 spiro atoms. The van der Waals surface area contributed by atoms with Gasteiger partial charge in [0.1, 0.15) is 5.82 Å². The molecule has 0 aliphatic carbocycles. The molecular weight excluding hydrogens is 236 g/mol. The molecule has 3 N–H and O–H groups in total. The lowest BCUT2D eigenvalue weighted by Crippen LogP contribution is -2.16. The molecule has 1 aromatic carbocycles. The Labute approximate surface area is 111 Å². The first kappa shape index (κ1) is 11.9. The third-order valence-electron chi connectivity index (χ3n) is 3.31. The van der Waals surface area contributed by atoms with E-state index >= 15 is 0 Å². The summed E-state index contributed by atoms with van der Waals surface area (Å²) < 4.78 is 0. The van der Waals surface area contributed by atoms with Crippen molar-refractivity contribution in [3.63, 3.8) is 0 Å². The zero-order valence-electron chi connectivity index (χ0n) is 10.6. The van der Waals surface area contributed by atoms with Gasteiger partial charge >= 0.3 is 0 Å². The highest BCUT2D eigenvalue weighted by Gasteiger charge is 2.14. The molecule has 0 radical (unpaired) electrons. The molecule has 96 valence electrons. The number of H-pyrrole nitrogens is 1. The molecule has 0 amide bonds. The molecule has 0 aliphatic rings. The number of nitrogens with one attached hydrogen (secondary N) is 1. The van der Waals surface area contributed by atoms with Crippen molar-refractivity contribution >= 4 is 11.0 Å². The highest BCUT2D eigenvalue weighted by Crippen LogP contribution is 2.20. The average Bonchev–Trinajstić information content (AvgIpc) is 2.89. The quantitative estimate of drug-likeness (QED) is 0.748. The Hall–Kier alpha value is -2.20. The van der Waals surface area contributed by atoms with Gasteiger partial charge in [0.15, 0.2) is 0 Å². The lowest BCUT2D eigenvalue weighted by atomic mass is 10.00. The molecule has 3 rings (SSSR count). The van der Waals surface area contributed by atoms with E-state index in [-0.39, 0.29) is 5.92 Å². The number of para-hydroxylation sites is 2. The number of benzene rings is 1. The van der Waals surface area contributed by atoms with E-state index in [1.54, 1.807) is 0 Å². The van der Waals surface area contributed by atoms with Gasteiger partial charge in [-0.3, -0.25) is 4.98 Å². The standard InChI is InChI=1S/C15H16N4/c16-10-12(9-11-5-7-17-8-6-11)15-18-13-3-1-2-4-14(13)19-15/h1-8,12H,9-10,16H2,(H,18,19). The summed E-state index contributed by atoms with van der Waals surface area (Å²) in [6, 6.07) is 12.1. The monoisotopic (exact) mass is 252 g/mol. The lowest BCUT2D eigenvalue weighted by molar-refractivity contribution is 0.658. The van der Waals surface area contributed by atoms with E-state index in [1.165, 1.54) is 5.56 Å². The second-order valence-corrected chi connectivity index (χ2v) is 4.63. The predicted molar refractivity (Wildman–Crippen MR) is 75.8 cm³/mol. The minimum atomic E-state index is 0.204. The maximum absolute atomic E-state index is 5.90. The zero-order chi connectivity index (χ0) is 13.1. The molecule has 1 atom stereocenters. The van der Waals surface area contributed by atoms with E-state index in [0.717, 1.165) is 23.3 Å². The molecule has 2 aromatic heterocycles. The molecule has 19 heavy (non-hydrogen) atoms. The van der Waals surface area contributed by atoms with Crippen LogP contribution in [-0.2, 0) is 6.42 Å². The largest absolute Gasteiger partial charge is 0.342 e. The van der Waals surface area contributed by atoms with Crippen LogP contribution in [0, 0.1) is 0 Å². The van der Waals surface area contributed by atoms with Crippen molar-refractivity contribution in [2.75, 3.05) is 6.54 Å². The Morgan fingerprint density at radius 2 is 1.89 bits per heavy atom. The van der Waals surface area contributed by atoms with E-state index in [4.69, 9.17) is 5.73 Å². The average molecular weight is 252 g/mol. The number of fused-ring (bicyclic) bond motifs is 1. The second-order valence-electron chi connectivity index (χ2n) is 4.63. The van der Waals surface area contributed by atoms with Crippen molar-refractivity contribution < 1.29 is 0 Å². The van der Waals surface area contributed by atoms with Crippen LogP contribution in [0.4, 0.5) is 0 Å². The molecular formula is C15H16N4. The summed E-state index contributed by atoms with van der Waals surface area (Å²) in [6.07, 6.45) is 4.49. The molecule has 0 saturated heterocycles. The number of nitrogens with two attached hydrogens (primary N) is 1. The van der Waals surface area contributed by atoms with Gasteiger partial charge in [0.25, 0.3) is 0 Å². The molecule has 0 bridgehead atoms. The fourth-order valence-corrected chi connectivity index (χ4v) is 2.26.